The van der Waals surface area contributed by atoms with Crippen molar-refractivity contribution < 1.29 is 9.59 Å². The first kappa shape index (κ1) is 14.4. The van der Waals surface area contributed by atoms with Gasteiger partial charge in [0.25, 0.3) is 0 Å². The number of hydrogen-bond donors (Lipinski definition) is 2. The van der Waals surface area contributed by atoms with E-state index in [1.165, 1.54) is 4.90 Å². The standard InChI is InChI=1S/C13H21N5O2/c1-10(8-18-7-3-5-15-18)16-12(19)11-4-2-6-17(9-11)13(14)20/h3,5,7,10-11H,2,4,6,8-9H2,1H3,(H2,14,20)(H,16,19)/t10-,11-/m0/s1. The number of piperidine rings is 1. The van der Waals surface area contributed by atoms with Crippen molar-refractivity contribution in [3.63, 3.8) is 0 Å². The second-order valence-electron chi connectivity index (χ2n) is 5.26. The number of carbonyl (C=O) groups is 2. The molecule has 110 valence electrons. The zero-order valence-electron chi connectivity index (χ0n) is 11.7. The molecule has 0 radical (unpaired) electrons. The van der Waals surface area contributed by atoms with Crippen molar-refractivity contribution >= 4 is 11.9 Å². The molecule has 0 bridgehead atoms. The first-order valence-corrected chi connectivity index (χ1v) is 6.88. The maximum atomic E-state index is 12.2. The number of carbonyl (C=O) groups excluding carboxylic acids is 2. The smallest absolute Gasteiger partial charge is 0.314 e. The van der Waals surface area contributed by atoms with Crippen molar-refractivity contribution in [2.75, 3.05) is 13.1 Å². The molecule has 3 amide bonds. The summed E-state index contributed by atoms with van der Waals surface area (Å²) in [7, 11) is 0. The van der Waals surface area contributed by atoms with Crippen molar-refractivity contribution in [1.82, 2.24) is 20.0 Å². The molecule has 1 saturated heterocycles. The molecule has 0 unspecified atom stereocenters. The van der Waals surface area contributed by atoms with Crippen LogP contribution in [0.25, 0.3) is 0 Å². The number of nitrogens with one attached hydrogen (secondary N) is 1. The van der Waals surface area contributed by atoms with Crippen molar-refractivity contribution in [2.24, 2.45) is 11.7 Å². The Morgan fingerprint density at radius 2 is 2.35 bits per heavy atom. The second-order valence-corrected chi connectivity index (χ2v) is 5.26. The predicted octanol–water partition coefficient (Wildman–Crippen LogP) is 0.179. The maximum Gasteiger partial charge on any atom is 0.314 e. The van der Waals surface area contributed by atoms with Crippen molar-refractivity contribution in [1.29, 1.82) is 0 Å². The molecule has 3 N–H and O–H groups in total. The van der Waals surface area contributed by atoms with Gasteiger partial charge in [0.2, 0.25) is 5.91 Å². The van der Waals surface area contributed by atoms with E-state index in [-0.39, 0.29) is 17.9 Å². The van der Waals surface area contributed by atoms with Gasteiger partial charge < -0.3 is 16.0 Å². The van der Waals surface area contributed by atoms with Gasteiger partial charge in [0.15, 0.2) is 0 Å². The number of amides is 3. The fraction of sp³-hybridized carbons (Fsp3) is 0.615. The van der Waals surface area contributed by atoms with Gasteiger partial charge in [-0.2, -0.15) is 5.10 Å². The quantitative estimate of drug-likeness (QED) is 0.823. The predicted molar refractivity (Wildman–Crippen MR) is 73.7 cm³/mol. The zero-order chi connectivity index (χ0) is 14.5. The number of urea groups is 1. The molecule has 0 saturated carbocycles. The molecule has 1 aliphatic rings. The average molecular weight is 279 g/mol. The SMILES string of the molecule is C[C@@H](Cn1cccn1)NC(=O)[C@H]1CCCN(C(N)=O)C1. The largest absolute Gasteiger partial charge is 0.351 e. The molecule has 1 aromatic rings. The number of nitrogens with zero attached hydrogens (tertiary/aromatic N) is 3. The molecule has 1 aliphatic heterocycles. The number of primary amides is 1. The number of hydrogen-bond acceptors (Lipinski definition) is 3. The summed E-state index contributed by atoms with van der Waals surface area (Å²) in [6.45, 7) is 3.62. The Morgan fingerprint density at radius 1 is 1.55 bits per heavy atom. The summed E-state index contributed by atoms with van der Waals surface area (Å²) < 4.78 is 1.78. The van der Waals surface area contributed by atoms with Crippen LogP contribution in [0.5, 0.6) is 0 Å². The Bertz CT molecular complexity index is 459. The summed E-state index contributed by atoms with van der Waals surface area (Å²) in [4.78, 5) is 24.9. The monoisotopic (exact) mass is 279 g/mol. The normalized spacial score (nSPS) is 20.4. The highest BCUT2D eigenvalue weighted by Crippen LogP contribution is 2.16. The van der Waals surface area contributed by atoms with E-state index in [0.717, 1.165) is 12.8 Å². The molecular weight excluding hydrogens is 258 g/mol. The van der Waals surface area contributed by atoms with Gasteiger partial charge in [0.05, 0.1) is 12.5 Å². The number of likely N-dealkylation sites (tertiary alicyclic amines) is 1. The Kier molecular flexibility index (Phi) is 4.60. The highest BCUT2D eigenvalue weighted by molar-refractivity contribution is 5.80. The fourth-order valence-corrected chi connectivity index (χ4v) is 2.49. The summed E-state index contributed by atoms with van der Waals surface area (Å²) in [5.74, 6) is -0.188. The highest BCUT2D eigenvalue weighted by Gasteiger charge is 2.27. The van der Waals surface area contributed by atoms with E-state index in [2.05, 4.69) is 10.4 Å². The van der Waals surface area contributed by atoms with E-state index in [9.17, 15) is 9.59 Å². The summed E-state index contributed by atoms with van der Waals surface area (Å²) in [5, 5.41) is 7.08. The Balaban J connectivity index is 1.83. The molecule has 20 heavy (non-hydrogen) atoms. The second kappa shape index (κ2) is 6.40. The topological polar surface area (TPSA) is 93.2 Å². The minimum atomic E-state index is -0.452. The van der Waals surface area contributed by atoms with Crippen LogP contribution in [0, 0.1) is 5.92 Å². The lowest BCUT2D eigenvalue weighted by molar-refractivity contribution is -0.127. The molecule has 0 aromatic carbocycles. The number of rotatable bonds is 4. The van der Waals surface area contributed by atoms with Crippen LogP contribution in [0.1, 0.15) is 19.8 Å². The summed E-state index contributed by atoms with van der Waals surface area (Å²) in [5.41, 5.74) is 5.26. The molecule has 2 heterocycles. The summed E-state index contributed by atoms with van der Waals surface area (Å²) in [6.07, 6.45) is 5.18. The van der Waals surface area contributed by atoms with Crippen LogP contribution < -0.4 is 11.1 Å². The van der Waals surface area contributed by atoms with Gasteiger partial charge in [-0.1, -0.05) is 0 Å². The van der Waals surface area contributed by atoms with Crippen molar-refractivity contribution in [3.8, 4) is 0 Å². The minimum Gasteiger partial charge on any atom is -0.351 e. The Morgan fingerprint density at radius 3 is 3.00 bits per heavy atom. The van der Waals surface area contributed by atoms with E-state index < -0.39 is 6.03 Å². The summed E-state index contributed by atoms with van der Waals surface area (Å²) in [6, 6.07) is 1.39. The molecular formula is C13H21N5O2. The molecule has 1 aromatic heterocycles. The van der Waals surface area contributed by atoms with Crippen LogP contribution in [0.4, 0.5) is 4.79 Å². The van der Waals surface area contributed by atoms with Gasteiger partial charge in [0, 0.05) is 31.5 Å². The molecule has 7 nitrogen and oxygen atoms in total. The van der Waals surface area contributed by atoms with Gasteiger partial charge in [-0.15, -0.1) is 0 Å². The highest BCUT2D eigenvalue weighted by atomic mass is 16.2. The van der Waals surface area contributed by atoms with Crippen LogP contribution in [0.2, 0.25) is 0 Å². The van der Waals surface area contributed by atoms with Crippen molar-refractivity contribution in [2.45, 2.75) is 32.4 Å². The number of nitrogens with two attached hydrogens (primary N) is 1. The van der Waals surface area contributed by atoms with Crippen LogP contribution in [0.15, 0.2) is 18.5 Å². The first-order chi connectivity index (χ1) is 9.56. The fourth-order valence-electron chi connectivity index (χ4n) is 2.49. The van der Waals surface area contributed by atoms with Crippen LogP contribution in [0.3, 0.4) is 0 Å². The Hall–Kier alpha value is -2.05. The molecule has 2 atom stereocenters. The third kappa shape index (κ3) is 3.72. The van der Waals surface area contributed by atoms with Crippen LogP contribution in [-0.2, 0) is 11.3 Å². The first-order valence-electron chi connectivity index (χ1n) is 6.88. The lowest BCUT2D eigenvalue weighted by Crippen LogP contribution is -2.49. The third-order valence-electron chi connectivity index (χ3n) is 3.51. The van der Waals surface area contributed by atoms with Crippen molar-refractivity contribution in [3.05, 3.63) is 18.5 Å². The maximum absolute atomic E-state index is 12.2. The molecule has 2 rings (SSSR count). The lowest BCUT2D eigenvalue weighted by Gasteiger charge is -2.31. The average Bonchev–Trinajstić information content (AvgIpc) is 2.91. The summed E-state index contributed by atoms with van der Waals surface area (Å²) >= 11 is 0. The molecule has 7 heteroatoms. The lowest BCUT2D eigenvalue weighted by atomic mass is 9.97. The molecule has 1 fully saturated rings. The van der Waals surface area contributed by atoms with E-state index in [1.807, 2.05) is 19.2 Å². The van der Waals surface area contributed by atoms with Gasteiger partial charge in [0.1, 0.15) is 0 Å². The minimum absolute atomic E-state index is 0.00801. The van der Waals surface area contributed by atoms with Crippen LogP contribution in [-0.4, -0.2) is 45.8 Å². The van der Waals surface area contributed by atoms with E-state index in [1.54, 1.807) is 10.9 Å². The third-order valence-corrected chi connectivity index (χ3v) is 3.51. The van der Waals surface area contributed by atoms with E-state index in [4.69, 9.17) is 5.73 Å². The van der Waals surface area contributed by atoms with Gasteiger partial charge in [-0.25, -0.2) is 4.79 Å². The number of aromatic nitrogens is 2. The Labute approximate surface area is 118 Å². The van der Waals surface area contributed by atoms with E-state index >= 15 is 0 Å². The van der Waals surface area contributed by atoms with E-state index in [0.29, 0.717) is 19.6 Å². The van der Waals surface area contributed by atoms with Gasteiger partial charge in [-0.3, -0.25) is 9.48 Å². The van der Waals surface area contributed by atoms with Gasteiger partial charge >= 0.3 is 6.03 Å². The molecule has 0 aliphatic carbocycles. The van der Waals surface area contributed by atoms with Crippen LogP contribution >= 0.6 is 0 Å². The molecule has 0 spiro atoms. The zero-order valence-corrected chi connectivity index (χ0v) is 11.7. The van der Waals surface area contributed by atoms with Gasteiger partial charge in [-0.05, 0) is 25.8 Å².